The van der Waals surface area contributed by atoms with Crippen LogP contribution in [0.15, 0.2) is 147 Å². The van der Waals surface area contributed by atoms with Crippen molar-refractivity contribution in [1.82, 2.24) is 94.3 Å². The lowest BCUT2D eigenvalue weighted by atomic mass is 9.90. The maximum Gasteiger partial charge on any atom is 0.410 e. The molecule has 3 fully saturated rings. The molecule has 9 aromatic rings. The fraction of sp³-hybridized carbons (Fsp3) is 0.393. The lowest BCUT2D eigenvalue weighted by Crippen LogP contribution is -2.51. The Morgan fingerprint density at radius 3 is 0.951 bits per heavy atom. The van der Waals surface area contributed by atoms with Crippen molar-refractivity contribution in [3.8, 4) is 0 Å². The van der Waals surface area contributed by atoms with E-state index in [1.54, 1.807) is 64.7 Å². The number of piperazine rings is 3. The zero-order chi connectivity index (χ0) is 87.2. The number of fused-ring (bicyclic) bond motifs is 6. The number of rotatable bonds is 13. The first kappa shape index (κ1) is 88.1. The van der Waals surface area contributed by atoms with Crippen LogP contribution in [0.5, 0.6) is 0 Å². The first-order chi connectivity index (χ1) is 58.1. The molecule has 3 saturated heterocycles. The molecule has 0 saturated carbocycles. The van der Waals surface area contributed by atoms with Crippen molar-refractivity contribution in [1.29, 1.82) is 0 Å². The number of imidazole rings is 3. The summed E-state index contributed by atoms with van der Waals surface area (Å²) in [6, 6.07) is 25.4. The van der Waals surface area contributed by atoms with Gasteiger partial charge in [-0.1, -0.05) is 71.2 Å². The van der Waals surface area contributed by atoms with Gasteiger partial charge in [-0.3, -0.25) is 29.7 Å². The van der Waals surface area contributed by atoms with Crippen molar-refractivity contribution in [3.05, 3.63) is 246 Å². The highest BCUT2D eigenvalue weighted by Gasteiger charge is 2.42. The van der Waals surface area contributed by atoms with Crippen molar-refractivity contribution >= 4 is 106 Å². The van der Waals surface area contributed by atoms with Gasteiger partial charge in [0.05, 0.1) is 108 Å². The van der Waals surface area contributed by atoms with Crippen molar-refractivity contribution < 1.29 is 43.0 Å². The van der Waals surface area contributed by atoms with Crippen molar-refractivity contribution in [3.63, 3.8) is 0 Å². The topological polar surface area (TPSA) is 342 Å². The molecule has 6 atom stereocenters. The third-order valence-electron chi connectivity index (χ3n) is 21.7. The van der Waals surface area contributed by atoms with E-state index in [1.807, 2.05) is 213 Å². The molecule has 6 aliphatic rings. The molecule has 9 amide bonds. The zero-order valence-corrected chi connectivity index (χ0v) is 73.2. The summed E-state index contributed by atoms with van der Waals surface area (Å²) in [6.07, 6.45) is 21.0. The molecule has 0 spiro atoms. The second-order valence-electron chi connectivity index (χ2n) is 33.8. The quantitative estimate of drug-likeness (QED) is 0.0584. The molecule has 3 aromatic carbocycles. The van der Waals surface area contributed by atoms with Crippen LogP contribution in [0.4, 0.5) is 28.8 Å². The second kappa shape index (κ2) is 37.4. The van der Waals surface area contributed by atoms with Gasteiger partial charge in [0.15, 0.2) is 0 Å². The third kappa shape index (κ3) is 20.6. The number of halogens is 3. The van der Waals surface area contributed by atoms with Gasteiger partial charge in [-0.25, -0.2) is 43.7 Å². The predicted molar refractivity (Wildman–Crippen MR) is 470 cm³/mol. The van der Waals surface area contributed by atoms with Crippen molar-refractivity contribution in [2.75, 3.05) is 85.1 Å². The first-order valence-corrected chi connectivity index (χ1v) is 41.8. The van der Waals surface area contributed by atoms with Gasteiger partial charge in [-0.15, -0.1) is 0 Å². The molecular formula is C89H106Cl3N21O9. The average Bonchev–Trinajstić information content (AvgIpc) is 1.60. The van der Waals surface area contributed by atoms with Crippen LogP contribution in [-0.4, -0.2) is 211 Å². The second-order valence-corrected chi connectivity index (χ2v) is 35.1. The number of carbonyl (C=O) groups excluding carboxylic acids is 6. The highest BCUT2D eigenvalue weighted by Crippen LogP contribution is 2.49. The maximum absolute atomic E-state index is 12.9. The van der Waals surface area contributed by atoms with Gasteiger partial charge in [0.2, 0.25) is 0 Å². The molecule has 9 heterocycles. The molecule has 0 radical (unpaired) electrons. The summed E-state index contributed by atoms with van der Waals surface area (Å²) in [7, 11) is 5.65. The van der Waals surface area contributed by atoms with E-state index in [0.29, 0.717) is 100 Å². The lowest BCUT2D eigenvalue weighted by molar-refractivity contribution is 0.0109. The zero-order valence-electron chi connectivity index (χ0n) is 70.9. The number of pyridine rings is 3. The molecule has 3 aliphatic carbocycles. The first-order valence-electron chi connectivity index (χ1n) is 40.7. The number of nitrogens with zero attached hydrogens (tertiary/aromatic N) is 15. The van der Waals surface area contributed by atoms with Gasteiger partial charge < -0.3 is 75.3 Å². The largest absolute Gasteiger partial charge is 0.444 e. The Labute approximate surface area is 725 Å². The molecule has 642 valence electrons. The third-order valence-corrected chi connectivity index (χ3v) is 22.5. The molecule has 0 bridgehead atoms. The predicted octanol–water partition coefficient (Wildman–Crippen LogP) is 13.8. The number of aromatic nitrogens is 9. The van der Waals surface area contributed by atoms with E-state index < -0.39 is 47.0 Å². The minimum absolute atomic E-state index is 0.195. The van der Waals surface area contributed by atoms with Crippen LogP contribution in [0, 0.1) is 0 Å². The number of hydrogen-bond donors (Lipinski definition) is 6. The van der Waals surface area contributed by atoms with Crippen molar-refractivity contribution in [2.24, 2.45) is 32.6 Å². The highest BCUT2D eigenvalue weighted by molar-refractivity contribution is 6.31. The molecule has 122 heavy (non-hydrogen) atoms. The van der Waals surface area contributed by atoms with E-state index in [9.17, 15) is 28.8 Å². The number of nitrogens with two attached hydrogens (primary N) is 2. The van der Waals surface area contributed by atoms with Gasteiger partial charge in [0.25, 0.3) is 0 Å². The summed E-state index contributed by atoms with van der Waals surface area (Å²) < 4.78 is 22.4. The molecular weight excluding hydrogens is 1610 g/mol. The molecule has 30 nitrogen and oxygen atoms in total. The van der Waals surface area contributed by atoms with Crippen LogP contribution in [0.25, 0.3) is 34.9 Å². The number of nitrogens with one attached hydrogen (secondary N) is 4. The Balaban J connectivity index is 0.000000158. The molecule has 3 unspecified atom stereocenters. The SMILES string of the molecule is CCNC(=O)NC(C1=Cc2cccnc2[C@@H](N2CCN(C(=O)OC(C)(C)C)CC2)c2ccc(Cl)cc21)c1cncn1C.Cn1cncc1C(NC(N)=O)C1=Cc2cccnc2[C@@H](N2CCN(C(=O)OC(C)(C)C)CC2)c2ccc(Cl)cc21.Cn1cncc1C(NC(N)=O)C1=Cc2cccnc2[C@@H](N2CCN(C(=O)OC(C)(C)C)CC2)c2ccc(Cl)cc21. The highest BCUT2D eigenvalue weighted by atomic mass is 35.5. The van der Waals surface area contributed by atoms with Crippen LogP contribution >= 0.6 is 34.8 Å². The summed E-state index contributed by atoms with van der Waals surface area (Å²) in [6.45, 7) is 26.2. The normalized spacial score (nSPS) is 18.0. The monoisotopic (exact) mass is 1720 g/mol. The summed E-state index contributed by atoms with van der Waals surface area (Å²) in [5, 5.41) is 13.6. The molecule has 6 aromatic heterocycles. The minimum atomic E-state index is -0.652. The molecule has 8 N–H and O–H groups in total. The number of hydrogen-bond acceptors (Lipinski definition) is 18. The maximum atomic E-state index is 12.9. The Morgan fingerprint density at radius 1 is 0.426 bits per heavy atom. The van der Waals surface area contributed by atoms with Gasteiger partial charge in [-0.05, 0) is 209 Å². The van der Waals surface area contributed by atoms with Crippen LogP contribution in [-0.2, 0) is 35.4 Å². The Hall–Kier alpha value is -11.7. The average molecular weight is 1720 g/mol. The fourth-order valence-corrected chi connectivity index (χ4v) is 16.9. The summed E-state index contributed by atoms with van der Waals surface area (Å²) in [5.74, 6) is 0. The summed E-state index contributed by atoms with van der Waals surface area (Å²) in [4.78, 5) is 115. The Bertz CT molecular complexity index is 5220. The summed E-state index contributed by atoms with van der Waals surface area (Å²) >= 11 is 19.8. The van der Waals surface area contributed by atoms with E-state index in [2.05, 4.69) is 57.0 Å². The number of ether oxygens (including phenoxy) is 3. The number of aryl methyl sites for hydroxylation is 3. The minimum Gasteiger partial charge on any atom is -0.444 e. The van der Waals surface area contributed by atoms with E-state index in [4.69, 9.17) is 75.4 Å². The van der Waals surface area contributed by atoms with Crippen LogP contribution < -0.4 is 32.7 Å². The van der Waals surface area contributed by atoms with Gasteiger partial charge >= 0.3 is 36.4 Å². The van der Waals surface area contributed by atoms with Crippen molar-refractivity contribution in [2.45, 2.75) is 122 Å². The van der Waals surface area contributed by atoms with Gasteiger partial charge in [-0.2, -0.15) is 0 Å². The van der Waals surface area contributed by atoms with E-state index in [-0.39, 0.29) is 42.4 Å². The van der Waals surface area contributed by atoms with Crippen LogP contribution in [0.1, 0.15) is 190 Å². The lowest BCUT2D eigenvalue weighted by Gasteiger charge is -2.40. The molecule has 33 heteroatoms. The van der Waals surface area contributed by atoms with Gasteiger partial charge in [0, 0.05) is 140 Å². The summed E-state index contributed by atoms with van der Waals surface area (Å²) in [5.41, 5.74) is 25.7. The van der Waals surface area contributed by atoms with E-state index >= 15 is 0 Å². The molecule has 3 aliphatic heterocycles. The van der Waals surface area contributed by atoms with Crippen LogP contribution in [0.3, 0.4) is 0 Å². The number of amides is 9. The van der Waals surface area contributed by atoms with Crippen LogP contribution in [0.2, 0.25) is 15.1 Å². The number of benzene rings is 3. The smallest absolute Gasteiger partial charge is 0.410 e. The number of urea groups is 3. The number of primary amides is 2. The molecule has 15 rings (SSSR count). The Kier molecular flexibility index (Phi) is 27.0. The van der Waals surface area contributed by atoms with E-state index in [0.717, 1.165) is 101 Å². The standard InChI is InChI=1S/C31H38ClN7O3.2C29H34ClN7O3/c1-6-34-29(40)36-27(25-18-33-19-37(25)5)24-16-20-8-7-11-35-26(20)28(22-10-9-21(32)17-23(22)24)38-12-14-39(15-13-38)30(41)42-31(2,3)4;2*1-29(2,3)40-28(39)37-12-10-36(11-13-37)26-20-8-7-19(30)15-21(20)22(14-18-6-5-9-33-24(18)26)25(34-27(31)38)23-16-32-17-35(23)4/h7-11,16-19,27-28H,6,12-15H2,1-5H3,(H2,34,36,40);2*5-9,14-17,25-26H,10-13H2,1-4H3,(H3,31,34,38)/t27?,28-;2*25?,26-/m000/s1. The Morgan fingerprint density at radius 2 is 0.705 bits per heavy atom. The fourth-order valence-electron chi connectivity index (χ4n) is 16.4. The van der Waals surface area contributed by atoms with E-state index in [1.165, 1.54) is 0 Å². The van der Waals surface area contributed by atoms with Gasteiger partial charge in [0.1, 0.15) is 16.8 Å². The number of carbonyl (C=O) groups is 6.